The molecule has 0 aliphatic carbocycles. The van der Waals surface area contributed by atoms with E-state index in [0.717, 1.165) is 22.4 Å². The first kappa shape index (κ1) is 18.9. The largest absolute Gasteiger partial charge is 0.341 e. The van der Waals surface area contributed by atoms with Crippen molar-refractivity contribution in [3.8, 4) is 0 Å². The monoisotopic (exact) mass is 378 g/mol. The zero-order valence-corrected chi connectivity index (χ0v) is 16.6. The average Bonchev–Trinajstić information content (AvgIpc) is 3.08. The van der Waals surface area contributed by atoms with Crippen molar-refractivity contribution >= 4 is 27.3 Å². The van der Waals surface area contributed by atoms with Crippen molar-refractivity contribution in [1.82, 2.24) is 4.90 Å². The van der Waals surface area contributed by atoms with Crippen molar-refractivity contribution in [2.45, 2.75) is 39.7 Å². The lowest BCUT2D eigenvalue weighted by Crippen LogP contribution is -2.42. The zero-order valence-electron chi connectivity index (χ0n) is 15.8. The summed E-state index contributed by atoms with van der Waals surface area (Å²) < 4.78 is 23.4. The van der Waals surface area contributed by atoms with Crippen LogP contribution in [0.5, 0.6) is 0 Å². The summed E-state index contributed by atoms with van der Waals surface area (Å²) in [4.78, 5) is 28.7. The number of aryl methyl sites for hydroxylation is 3. The second-order valence-electron chi connectivity index (χ2n) is 7.66. The number of carbonyl (C=O) groups is 2. The first-order chi connectivity index (χ1) is 12.1. The Morgan fingerprint density at radius 2 is 1.81 bits per heavy atom. The van der Waals surface area contributed by atoms with Crippen molar-refractivity contribution in [2.75, 3.05) is 30.0 Å². The molecule has 3 rings (SSSR count). The second kappa shape index (κ2) is 6.68. The molecular weight excluding hydrogens is 352 g/mol. The summed E-state index contributed by atoms with van der Waals surface area (Å²) in [6.07, 6.45) is 0.653. The van der Waals surface area contributed by atoms with E-state index >= 15 is 0 Å². The Balaban J connectivity index is 1.77. The smallest absolute Gasteiger partial charge is 0.228 e. The van der Waals surface area contributed by atoms with Gasteiger partial charge in [0, 0.05) is 31.7 Å². The minimum atomic E-state index is -3.05. The van der Waals surface area contributed by atoms with E-state index in [0.29, 0.717) is 13.0 Å². The Hall–Kier alpha value is -1.89. The minimum Gasteiger partial charge on any atom is -0.341 e. The number of sulfone groups is 1. The quantitative estimate of drug-likeness (QED) is 0.801. The molecule has 142 valence electrons. The predicted octanol–water partition coefficient (Wildman–Crippen LogP) is 1.61. The molecule has 2 aliphatic rings. The Kier molecular flexibility index (Phi) is 4.86. The topological polar surface area (TPSA) is 74.8 Å². The standard InChI is InChI=1S/C19H26N2O4S/c1-12-7-13(2)18(14(3)8-12)21-10-15(9-17(21)22)19(23)20(4)16-5-6-26(24,25)11-16/h7-8,15-16H,5-6,9-11H2,1-4H3. The number of hydrogen-bond donors (Lipinski definition) is 0. The van der Waals surface area contributed by atoms with Crippen molar-refractivity contribution in [3.05, 3.63) is 28.8 Å². The lowest BCUT2D eigenvalue weighted by molar-refractivity contribution is -0.136. The van der Waals surface area contributed by atoms with Gasteiger partial charge in [-0.05, 0) is 38.3 Å². The van der Waals surface area contributed by atoms with E-state index in [2.05, 4.69) is 0 Å². The maximum absolute atomic E-state index is 12.8. The van der Waals surface area contributed by atoms with E-state index < -0.39 is 15.8 Å². The molecule has 2 unspecified atom stereocenters. The minimum absolute atomic E-state index is 0.0236. The molecule has 0 radical (unpaired) electrons. The molecule has 1 aromatic carbocycles. The molecule has 26 heavy (non-hydrogen) atoms. The highest BCUT2D eigenvalue weighted by molar-refractivity contribution is 7.91. The summed E-state index contributed by atoms with van der Waals surface area (Å²) in [5, 5.41) is 0. The number of amides is 2. The molecule has 2 saturated heterocycles. The molecule has 1 aromatic rings. The van der Waals surface area contributed by atoms with E-state index in [9.17, 15) is 18.0 Å². The number of benzene rings is 1. The number of hydrogen-bond acceptors (Lipinski definition) is 4. The summed E-state index contributed by atoms with van der Waals surface area (Å²) in [5.74, 6) is -0.449. The number of nitrogens with zero attached hydrogens (tertiary/aromatic N) is 2. The van der Waals surface area contributed by atoms with E-state index in [-0.39, 0.29) is 35.8 Å². The Morgan fingerprint density at radius 3 is 2.35 bits per heavy atom. The highest BCUT2D eigenvalue weighted by Crippen LogP contribution is 2.33. The Bertz CT molecular complexity index is 839. The molecule has 0 saturated carbocycles. The molecule has 7 heteroatoms. The summed E-state index contributed by atoms with van der Waals surface area (Å²) in [5.41, 5.74) is 4.09. The molecule has 2 fully saturated rings. The molecule has 2 heterocycles. The predicted molar refractivity (Wildman–Crippen MR) is 101 cm³/mol. The van der Waals surface area contributed by atoms with Crippen LogP contribution in [0.25, 0.3) is 0 Å². The van der Waals surface area contributed by atoms with Gasteiger partial charge in [-0.15, -0.1) is 0 Å². The van der Waals surface area contributed by atoms with Gasteiger partial charge >= 0.3 is 0 Å². The van der Waals surface area contributed by atoms with Crippen molar-refractivity contribution in [2.24, 2.45) is 5.92 Å². The molecular formula is C19H26N2O4S. The summed E-state index contributed by atoms with van der Waals surface area (Å²) >= 11 is 0. The van der Waals surface area contributed by atoms with Crippen LogP contribution in [0.4, 0.5) is 5.69 Å². The third-order valence-corrected chi connectivity index (χ3v) is 7.23. The van der Waals surface area contributed by atoms with Crippen LogP contribution < -0.4 is 4.90 Å². The SMILES string of the molecule is Cc1cc(C)c(N2CC(C(=O)N(C)C3CCS(=O)(=O)C3)CC2=O)c(C)c1. The fourth-order valence-corrected chi connectivity index (χ4v) is 6.01. The maximum atomic E-state index is 12.8. The van der Waals surface area contributed by atoms with Crippen molar-refractivity contribution in [3.63, 3.8) is 0 Å². The Labute approximate surface area is 155 Å². The van der Waals surface area contributed by atoms with Crippen LogP contribution in [0.15, 0.2) is 12.1 Å². The third kappa shape index (κ3) is 3.49. The summed E-state index contributed by atoms with van der Waals surface area (Å²) in [7, 11) is -1.39. The number of rotatable bonds is 3. The molecule has 0 N–H and O–H groups in total. The molecule has 6 nitrogen and oxygen atoms in total. The maximum Gasteiger partial charge on any atom is 0.228 e. The normalized spacial score (nSPS) is 24.9. The number of carbonyl (C=O) groups excluding carboxylic acids is 2. The van der Waals surface area contributed by atoms with Gasteiger partial charge in [-0.25, -0.2) is 8.42 Å². The lowest BCUT2D eigenvalue weighted by Gasteiger charge is -2.27. The van der Waals surface area contributed by atoms with Gasteiger partial charge in [0.1, 0.15) is 0 Å². The van der Waals surface area contributed by atoms with Crippen molar-refractivity contribution in [1.29, 1.82) is 0 Å². The van der Waals surface area contributed by atoms with Crippen LogP contribution in [-0.2, 0) is 19.4 Å². The first-order valence-corrected chi connectivity index (χ1v) is 10.8. The van der Waals surface area contributed by atoms with Crippen LogP contribution in [0.2, 0.25) is 0 Å². The third-order valence-electron chi connectivity index (χ3n) is 5.48. The van der Waals surface area contributed by atoms with Crippen LogP contribution in [0.1, 0.15) is 29.5 Å². The van der Waals surface area contributed by atoms with Crippen LogP contribution in [0.3, 0.4) is 0 Å². The molecule has 2 amide bonds. The Morgan fingerprint density at radius 1 is 1.19 bits per heavy atom. The van der Waals surface area contributed by atoms with Crippen LogP contribution in [-0.4, -0.2) is 56.3 Å². The van der Waals surface area contributed by atoms with E-state index in [1.165, 1.54) is 0 Å². The van der Waals surface area contributed by atoms with E-state index in [1.54, 1.807) is 16.8 Å². The van der Waals surface area contributed by atoms with Crippen LogP contribution in [0, 0.1) is 26.7 Å². The molecule has 2 atom stereocenters. The fourth-order valence-electron chi connectivity index (χ4n) is 4.24. The van der Waals surface area contributed by atoms with Crippen LogP contribution >= 0.6 is 0 Å². The van der Waals surface area contributed by atoms with Crippen molar-refractivity contribution < 1.29 is 18.0 Å². The highest BCUT2D eigenvalue weighted by atomic mass is 32.2. The average molecular weight is 378 g/mol. The van der Waals surface area contributed by atoms with Gasteiger partial charge in [0.15, 0.2) is 9.84 Å². The molecule has 0 aromatic heterocycles. The first-order valence-electron chi connectivity index (χ1n) is 8.94. The van der Waals surface area contributed by atoms with Gasteiger partial charge in [0.25, 0.3) is 0 Å². The van der Waals surface area contributed by atoms with Gasteiger partial charge in [0.2, 0.25) is 11.8 Å². The fraction of sp³-hybridized carbons (Fsp3) is 0.579. The molecule has 0 bridgehead atoms. The molecule has 0 spiro atoms. The highest BCUT2D eigenvalue weighted by Gasteiger charge is 2.40. The lowest BCUT2D eigenvalue weighted by atomic mass is 10.0. The van der Waals surface area contributed by atoms with E-state index in [4.69, 9.17) is 0 Å². The second-order valence-corrected chi connectivity index (χ2v) is 9.89. The van der Waals surface area contributed by atoms with Gasteiger partial charge < -0.3 is 9.80 Å². The summed E-state index contributed by atoms with van der Waals surface area (Å²) in [6.45, 7) is 6.33. The zero-order chi connectivity index (χ0) is 19.2. The van der Waals surface area contributed by atoms with Gasteiger partial charge in [0.05, 0.1) is 17.4 Å². The molecule has 2 aliphatic heterocycles. The van der Waals surface area contributed by atoms with E-state index in [1.807, 2.05) is 32.9 Å². The van der Waals surface area contributed by atoms with Gasteiger partial charge in [-0.2, -0.15) is 0 Å². The summed E-state index contributed by atoms with van der Waals surface area (Å²) in [6, 6.07) is 3.81. The number of anilines is 1. The van der Waals surface area contributed by atoms with Gasteiger partial charge in [-0.1, -0.05) is 17.7 Å². The van der Waals surface area contributed by atoms with Gasteiger partial charge in [-0.3, -0.25) is 9.59 Å².